The predicted octanol–water partition coefficient (Wildman–Crippen LogP) is 7.05. The molecule has 0 aromatic carbocycles. The summed E-state index contributed by atoms with van der Waals surface area (Å²) in [5.41, 5.74) is -0.694. The van der Waals surface area contributed by atoms with Gasteiger partial charge in [-0.1, -0.05) is 76.5 Å². The van der Waals surface area contributed by atoms with Gasteiger partial charge in [0.25, 0.3) is 0 Å². The van der Waals surface area contributed by atoms with Crippen molar-refractivity contribution in [2.45, 2.75) is 116 Å². The average Bonchev–Trinajstić information content (AvgIpc) is 2.58. The minimum atomic E-state index is -0.694. The Bertz CT molecular complexity index is 340. The summed E-state index contributed by atoms with van der Waals surface area (Å²) in [6, 6.07) is 0. The van der Waals surface area contributed by atoms with Crippen LogP contribution in [0.4, 0.5) is 0 Å². The Morgan fingerprint density at radius 2 is 1.23 bits per heavy atom. The maximum Gasteiger partial charge on any atom is 0.303 e. The van der Waals surface area contributed by atoms with E-state index in [2.05, 4.69) is 25.7 Å². The van der Waals surface area contributed by atoms with Gasteiger partial charge in [0.05, 0.1) is 5.60 Å². The summed E-state index contributed by atoms with van der Waals surface area (Å²) in [6.07, 6.45) is 22.7. The quantitative estimate of drug-likeness (QED) is 0.227. The fourth-order valence-electron chi connectivity index (χ4n) is 2.35. The third kappa shape index (κ3) is 30.8. The Kier molecular flexibility index (Phi) is 21.1. The predicted molar refractivity (Wildman–Crippen MR) is 114 cm³/mol. The normalized spacial score (nSPS) is 11.2. The smallest absolute Gasteiger partial charge is 0.303 e. The van der Waals surface area contributed by atoms with Crippen LogP contribution in [0, 0.1) is 0 Å². The van der Waals surface area contributed by atoms with Gasteiger partial charge >= 0.3 is 5.97 Å². The highest BCUT2D eigenvalue weighted by molar-refractivity contribution is 5.66. The van der Waals surface area contributed by atoms with Crippen LogP contribution in [0.1, 0.15) is 111 Å². The van der Waals surface area contributed by atoms with Crippen molar-refractivity contribution in [1.82, 2.24) is 0 Å². The van der Waals surface area contributed by atoms with Gasteiger partial charge in [-0.3, -0.25) is 4.79 Å². The highest BCUT2D eigenvalue weighted by Gasteiger charge is 2.02. The Labute approximate surface area is 162 Å². The molecule has 0 aliphatic carbocycles. The topological polar surface area (TPSA) is 57.5 Å². The summed E-state index contributed by atoms with van der Waals surface area (Å²) in [6.45, 7) is 9.00. The number of aliphatic hydroxyl groups is 1. The zero-order chi connectivity index (χ0) is 20.1. The minimum absolute atomic E-state index is 0.332. The molecular formula is C23H44O3. The van der Waals surface area contributed by atoms with Crippen molar-refractivity contribution in [3.8, 4) is 0 Å². The number of hydrogen-bond acceptors (Lipinski definition) is 2. The van der Waals surface area contributed by atoms with Gasteiger partial charge in [-0.15, -0.1) is 6.58 Å². The molecule has 0 atom stereocenters. The van der Waals surface area contributed by atoms with Crippen LogP contribution in [-0.4, -0.2) is 21.8 Å². The van der Waals surface area contributed by atoms with E-state index in [1.54, 1.807) is 13.8 Å². The highest BCUT2D eigenvalue weighted by Crippen LogP contribution is 2.09. The Morgan fingerprint density at radius 1 is 0.846 bits per heavy atom. The number of unbranched alkanes of at least 4 members (excludes halogenated alkanes) is 11. The summed E-state index contributed by atoms with van der Waals surface area (Å²) < 4.78 is 0. The first-order valence-electron chi connectivity index (χ1n) is 10.6. The molecule has 0 rings (SSSR count). The van der Waals surface area contributed by atoms with Gasteiger partial charge in [-0.2, -0.15) is 0 Å². The van der Waals surface area contributed by atoms with Gasteiger partial charge in [0.2, 0.25) is 0 Å². The standard InChI is InChI=1S/C18H34O2.C5H10O/c1-2-3-4-5-6-7-8-9-10-11-12-13-14-15-16-17-18(19)20;1-4-5(2,3)6/h9-10H,2-8,11-17H2,1H3,(H,19,20);4,6H,1H2,2-3H3/b10-9-;. The number of carboxylic acid groups (broad SMARTS) is 1. The lowest BCUT2D eigenvalue weighted by Gasteiger charge is -2.07. The molecule has 3 nitrogen and oxygen atoms in total. The molecule has 0 saturated heterocycles. The molecule has 0 heterocycles. The Balaban J connectivity index is 0. The van der Waals surface area contributed by atoms with Crippen LogP contribution in [-0.2, 0) is 4.79 Å². The van der Waals surface area contributed by atoms with Gasteiger partial charge in [0.15, 0.2) is 0 Å². The third-order valence-corrected chi connectivity index (χ3v) is 4.15. The molecule has 2 N–H and O–H groups in total. The number of aliphatic carboxylic acids is 1. The SMILES string of the molecule is C=CC(C)(C)O.CCCCCCCC/C=C\CCCCCCCC(=O)O. The lowest BCUT2D eigenvalue weighted by atomic mass is 10.1. The highest BCUT2D eigenvalue weighted by atomic mass is 16.4. The van der Waals surface area contributed by atoms with E-state index >= 15 is 0 Å². The van der Waals surface area contributed by atoms with E-state index in [0.29, 0.717) is 6.42 Å². The molecule has 0 fully saturated rings. The summed E-state index contributed by atoms with van der Waals surface area (Å²) in [5.74, 6) is -0.664. The van der Waals surface area contributed by atoms with Gasteiger partial charge in [0.1, 0.15) is 0 Å². The Morgan fingerprint density at radius 3 is 1.62 bits per heavy atom. The van der Waals surface area contributed by atoms with Crippen molar-refractivity contribution in [2.24, 2.45) is 0 Å². The first-order valence-corrected chi connectivity index (χ1v) is 10.6. The zero-order valence-corrected chi connectivity index (χ0v) is 17.6. The molecule has 0 bridgehead atoms. The molecule has 0 unspecified atom stereocenters. The fourth-order valence-corrected chi connectivity index (χ4v) is 2.35. The molecule has 26 heavy (non-hydrogen) atoms. The average molecular weight is 369 g/mol. The van der Waals surface area contributed by atoms with Crippen LogP contribution < -0.4 is 0 Å². The van der Waals surface area contributed by atoms with E-state index in [-0.39, 0.29) is 0 Å². The summed E-state index contributed by atoms with van der Waals surface area (Å²) in [7, 11) is 0. The van der Waals surface area contributed by atoms with Crippen molar-refractivity contribution in [1.29, 1.82) is 0 Å². The molecule has 0 aliphatic rings. The van der Waals surface area contributed by atoms with E-state index in [4.69, 9.17) is 10.2 Å². The third-order valence-electron chi connectivity index (χ3n) is 4.15. The summed E-state index contributed by atoms with van der Waals surface area (Å²) in [4.78, 5) is 10.3. The van der Waals surface area contributed by atoms with Crippen molar-refractivity contribution < 1.29 is 15.0 Å². The number of hydrogen-bond donors (Lipinski definition) is 2. The van der Waals surface area contributed by atoms with Crippen molar-refractivity contribution in [2.75, 3.05) is 0 Å². The molecule has 0 saturated carbocycles. The maximum absolute atomic E-state index is 10.3. The number of rotatable bonds is 16. The van der Waals surface area contributed by atoms with Crippen molar-refractivity contribution >= 4 is 5.97 Å². The molecule has 3 heteroatoms. The largest absolute Gasteiger partial charge is 0.481 e. The van der Waals surface area contributed by atoms with Crippen LogP contribution >= 0.6 is 0 Å². The van der Waals surface area contributed by atoms with Gasteiger partial charge in [0, 0.05) is 6.42 Å². The molecule has 154 valence electrons. The monoisotopic (exact) mass is 368 g/mol. The molecule has 0 aliphatic heterocycles. The second kappa shape index (κ2) is 20.2. The fraction of sp³-hybridized carbons (Fsp3) is 0.783. The first kappa shape index (κ1) is 27.1. The van der Waals surface area contributed by atoms with Crippen molar-refractivity contribution in [3.63, 3.8) is 0 Å². The van der Waals surface area contributed by atoms with Crippen LogP contribution in [0.3, 0.4) is 0 Å². The molecule has 0 aromatic heterocycles. The first-order chi connectivity index (χ1) is 12.3. The molecular weight excluding hydrogens is 324 g/mol. The van der Waals surface area contributed by atoms with Crippen LogP contribution in [0.2, 0.25) is 0 Å². The van der Waals surface area contributed by atoms with E-state index in [9.17, 15) is 4.79 Å². The molecule has 0 amide bonds. The number of carboxylic acids is 1. The van der Waals surface area contributed by atoms with E-state index in [1.807, 2.05) is 0 Å². The van der Waals surface area contributed by atoms with Crippen LogP contribution in [0.15, 0.2) is 24.8 Å². The molecule has 0 aromatic rings. The number of carbonyl (C=O) groups is 1. The van der Waals surface area contributed by atoms with Crippen molar-refractivity contribution in [3.05, 3.63) is 24.8 Å². The van der Waals surface area contributed by atoms with Crippen LogP contribution in [0.5, 0.6) is 0 Å². The van der Waals surface area contributed by atoms with E-state index < -0.39 is 11.6 Å². The van der Waals surface area contributed by atoms with E-state index in [0.717, 1.165) is 12.8 Å². The zero-order valence-electron chi connectivity index (χ0n) is 17.6. The summed E-state index contributed by atoms with van der Waals surface area (Å²) in [5, 5.41) is 17.2. The maximum atomic E-state index is 10.3. The lowest BCUT2D eigenvalue weighted by molar-refractivity contribution is -0.137. The molecule has 0 radical (unpaired) electrons. The van der Waals surface area contributed by atoms with Gasteiger partial charge in [-0.25, -0.2) is 0 Å². The molecule has 0 spiro atoms. The number of allylic oxidation sites excluding steroid dienone is 2. The van der Waals surface area contributed by atoms with Gasteiger partial charge < -0.3 is 10.2 Å². The summed E-state index contributed by atoms with van der Waals surface area (Å²) >= 11 is 0. The second-order valence-corrected chi connectivity index (χ2v) is 7.59. The lowest BCUT2D eigenvalue weighted by Crippen LogP contribution is -2.12. The second-order valence-electron chi connectivity index (χ2n) is 7.59. The van der Waals surface area contributed by atoms with Gasteiger partial charge in [-0.05, 0) is 46.0 Å². The Hall–Kier alpha value is -1.09. The minimum Gasteiger partial charge on any atom is -0.481 e. The van der Waals surface area contributed by atoms with Crippen LogP contribution in [0.25, 0.3) is 0 Å². The van der Waals surface area contributed by atoms with E-state index in [1.165, 1.54) is 76.7 Å².